The minimum absolute atomic E-state index is 0.283. The third kappa shape index (κ3) is 7.93. The van der Waals surface area contributed by atoms with Crippen molar-refractivity contribution >= 4 is 19.9 Å². The van der Waals surface area contributed by atoms with Crippen LogP contribution >= 0.6 is 19.9 Å². The van der Waals surface area contributed by atoms with Gasteiger partial charge < -0.3 is 5.32 Å². The molecule has 1 aliphatic rings. The van der Waals surface area contributed by atoms with E-state index in [4.69, 9.17) is 16.5 Å². The summed E-state index contributed by atoms with van der Waals surface area (Å²) in [6.45, 7) is 1.74. The van der Waals surface area contributed by atoms with E-state index >= 15 is 0 Å². The predicted molar refractivity (Wildman–Crippen MR) is 132 cm³/mol. The maximum Gasteiger partial charge on any atom is 0.694 e. The first-order chi connectivity index (χ1) is 15.6. The third-order valence-electron chi connectivity index (χ3n) is 6.69. The molecule has 6 heteroatoms. The van der Waals surface area contributed by atoms with Crippen LogP contribution in [0.15, 0.2) is 48.5 Å². The molecule has 1 saturated carbocycles. The zero-order chi connectivity index (χ0) is 22.7. The van der Waals surface area contributed by atoms with Crippen molar-refractivity contribution in [2.45, 2.75) is 76.2 Å². The fourth-order valence-corrected chi connectivity index (χ4v) is 5.54. The van der Waals surface area contributed by atoms with Crippen LogP contribution in [0.2, 0.25) is 5.02 Å². The van der Waals surface area contributed by atoms with Gasteiger partial charge in [0.1, 0.15) is 6.61 Å². The molecule has 1 aliphatic carbocycles. The van der Waals surface area contributed by atoms with E-state index < -0.39 is 8.25 Å². The molecule has 0 radical (unpaired) electrons. The second-order valence-electron chi connectivity index (χ2n) is 8.94. The van der Waals surface area contributed by atoms with E-state index in [2.05, 4.69) is 52.3 Å². The van der Waals surface area contributed by atoms with Gasteiger partial charge in [-0.3, -0.25) is 0 Å². The molecule has 4 nitrogen and oxygen atoms in total. The molecule has 2 aromatic rings. The average molecular weight is 477 g/mol. The number of aryl methyl sites for hydroxylation is 1. The van der Waals surface area contributed by atoms with Gasteiger partial charge in [-0.1, -0.05) is 79.7 Å². The van der Waals surface area contributed by atoms with Crippen molar-refractivity contribution in [2.24, 2.45) is 0 Å². The highest BCUT2D eigenvalue weighted by Crippen LogP contribution is 2.44. The van der Waals surface area contributed by atoms with Crippen LogP contribution in [-0.4, -0.2) is 18.0 Å². The summed E-state index contributed by atoms with van der Waals surface area (Å²) in [7, 11) is -2.49. The van der Waals surface area contributed by atoms with Crippen LogP contribution < -0.4 is 5.32 Å². The zero-order valence-electron chi connectivity index (χ0n) is 18.9. The van der Waals surface area contributed by atoms with Gasteiger partial charge in [0.15, 0.2) is 0 Å². The van der Waals surface area contributed by atoms with Crippen molar-refractivity contribution in [1.82, 2.24) is 5.32 Å². The van der Waals surface area contributed by atoms with E-state index in [9.17, 15) is 4.57 Å². The maximum absolute atomic E-state index is 10.5. The third-order valence-corrected chi connectivity index (χ3v) is 7.45. The molecular weight excluding hydrogens is 441 g/mol. The quantitative estimate of drug-likeness (QED) is 0.225. The normalized spacial score (nSPS) is 15.8. The van der Waals surface area contributed by atoms with Gasteiger partial charge in [0, 0.05) is 16.1 Å². The van der Waals surface area contributed by atoms with E-state index in [1.807, 2.05) is 6.07 Å². The van der Waals surface area contributed by atoms with Gasteiger partial charge in [-0.2, -0.15) is 0 Å². The van der Waals surface area contributed by atoms with Gasteiger partial charge in [0.05, 0.1) is 0 Å². The van der Waals surface area contributed by atoms with Crippen LogP contribution in [0.3, 0.4) is 0 Å². The molecule has 32 heavy (non-hydrogen) atoms. The number of benzene rings is 2. The monoisotopic (exact) mass is 476 g/mol. The summed E-state index contributed by atoms with van der Waals surface area (Å²) in [6, 6.07) is 17.5. The van der Waals surface area contributed by atoms with Gasteiger partial charge in [-0.05, 0) is 73.2 Å². The minimum Gasteiger partial charge on any atom is -0.313 e. The average Bonchev–Trinajstić information content (AvgIpc) is 3.28. The molecule has 0 amide bonds. The lowest BCUT2D eigenvalue weighted by atomic mass is 9.75. The van der Waals surface area contributed by atoms with E-state index in [1.54, 1.807) is 5.56 Å². The van der Waals surface area contributed by atoms with Crippen LogP contribution in [0, 0.1) is 0 Å². The highest BCUT2D eigenvalue weighted by Gasteiger charge is 2.34. The Bertz CT molecular complexity index is 840. The predicted octanol–water partition coefficient (Wildman–Crippen LogP) is 7.10. The number of nitrogens with one attached hydrogen (secondary N) is 1. The van der Waals surface area contributed by atoms with E-state index in [1.165, 1.54) is 56.9 Å². The Morgan fingerprint density at radius 2 is 1.81 bits per heavy atom. The lowest BCUT2D eigenvalue weighted by Crippen LogP contribution is -2.21. The molecule has 2 N–H and O–H groups in total. The minimum atomic E-state index is -2.49. The van der Waals surface area contributed by atoms with E-state index in [0.29, 0.717) is 11.8 Å². The van der Waals surface area contributed by atoms with Gasteiger partial charge in [0.2, 0.25) is 0 Å². The molecule has 0 spiro atoms. The lowest BCUT2D eigenvalue weighted by Gasteiger charge is -2.30. The molecule has 0 saturated heterocycles. The molecule has 2 aromatic carbocycles. The Labute approximate surface area is 198 Å². The van der Waals surface area contributed by atoms with Crippen LogP contribution in [0.25, 0.3) is 0 Å². The molecule has 3 rings (SSSR count). The largest absolute Gasteiger partial charge is 0.694 e. The lowest BCUT2D eigenvalue weighted by molar-refractivity contribution is 0.276. The fraction of sp³-hybridized carbons (Fsp3) is 0.538. The number of hydrogen-bond donors (Lipinski definition) is 2. The summed E-state index contributed by atoms with van der Waals surface area (Å²) >= 11 is 6.54. The molecule has 0 bridgehead atoms. The van der Waals surface area contributed by atoms with Crippen molar-refractivity contribution in [3.63, 3.8) is 0 Å². The highest BCUT2D eigenvalue weighted by atomic mass is 35.5. The Morgan fingerprint density at radius 3 is 2.53 bits per heavy atom. The second-order valence-corrected chi connectivity index (χ2v) is 10.1. The van der Waals surface area contributed by atoms with Gasteiger partial charge in [-0.25, -0.2) is 0 Å². The van der Waals surface area contributed by atoms with Crippen molar-refractivity contribution in [1.29, 1.82) is 0 Å². The van der Waals surface area contributed by atoms with E-state index in [-0.39, 0.29) is 6.61 Å². The van der Waals surface area contributed by atoms with Crippen molar-refractivity contribution in [3.05, 3.63) is 70.2 Å². The first-order valence-electron chi connectivity index (χ1n) is 11.9. The first kappa shape index (κ1) is 25.3. The Kier molecular flexibility index (Phi) is 10.6. The molecule has 0 heterocycles. The van der Waals surface area contributed by atoms with Crippen LogP contribution in [0.5, 0.6) is 0 Å². The summed E-state index contributed by atoms with van der Waals surface area (Å²) in [5.74, 6) is 0. The maximum atomic E-state index is 10.5. The summed E-state index contributed by atoms with van der Waals surface area (Å²) in [4.78, 5) is 8.59. The molecule has 0 aromatic heterocycles. The SMILES string of the molecule is O=[P+](O)OCCCNCc1ccc(CCCCCC2(c3ccccc3)CCCC2)c(Cl)c1. The second kappa shape index (κ2) is 13.4. The standard InChI is InChI=1S/C26H35ClNO3P/c27-25-20-22(21-28-18-9-19-31-32(29)30)13-14-23(25)10-3-2-6-15-26(16-7-8-17-26)24-11-4-1-5-12-24/h1,4-5,11-14,20,28H,2-3,6-10,15-19,21H2/p+1. The first-order valence-corrected chi connectivity index (χ1v) is 13.4. The Balaban J connectivity index is 1.36. The molecule has 174 valence electrons. The summed E-state index contributed by atoms with van der Waals surface area (Å²) in [5, 5.41) is 4.16. The smallest absolute Gasteiger partial charge is 0.313 e. The molecule has 0 aliphatic heterocycles. The highest BCUT2D eigenvalue weighted by molar-refractivity contribution is 7.32. The summed E-state index contributed by atoms with van der Waals surface area (Å²) in [5.41, 5.74) is 4.34. The molecule has 1 atom stereocenters. The topological polar surface area (TPSA) is 58.6 Å². The van der Waals surface area contributed by atoms with Crippen LogP contribution in [0.4, 0.5) is 0 Å². The van der Waals surface area contributed by atoms with Crippen molar-refractivity contribution in [2.75, 3.05) is 13.2 Å². The van der Waals surface area contributed by atoms with Crippen molar-refractivity contribution in [3.8, 4) is 0 Å². The Morgan fingerprint density at radius 1 is 1.03 bits per heavy atom. The number of rotatable bonds is 14. The van der Waals surface area contributed by atoms with Gasteiger partial charge >= 0.3 is 8.25 Å². The van der Waals surface area contributed by atoms with Gasteiger partial charge in [-0.15, -0.1) is 9.42 Å². The number of unbranched alkanes of at least 4 members (excludes halogenated alkanes) is 2. The number of halogens is 1. The summed E-state index contributed by atoms with van der Waals surface area (Å²) < 4.78 is 15.1. The van der Waals surface area contributed by atoms with E-state index in [0.717, 1.165) is 30.1 Å². The molecule has 1 unspecified atom stereocenters. The Hall–Kier alpha value is -1.29. The van der Waals surface area contributed by atoms with Crippen LogP contribution in [-0.2, 0) is 27.5 Å². The van der Waals surface area contributed by atoms with Crippen LogP contribution in [0.1, 0.15) is 74.5 Å². The molecular formula is C26H36ClNO3P+. The summed E-state index contributed by atoms with van der Waals surface area (Å²) in [6.07, 6.45) is 12.1. The zero-order valence-corrected chi connectivity index (χ0v) is 20.6. The van der Waals surface area contributed by atoms with Gasteiger partial charge in [0.25, 0.3) is 0 Å². The molecule has 1 fully saturated rings. The number of hydrogen-bond acceptors (Lipinski definition) is 3. The van der Waals surface area contributed by atoms with Crippen molar-refractivity contribution < 1.29 is 14.0 Å². The fourth-order valence-electron chi connectivity index (χ4n) is 4.96.